The Hall–Kier alpha value is -2.93. The number of nitrogens with zero attached hydrogens (tertiary/aromatic N) is 1. The van der Waals surface area contributed by atoms with Crippen molar-refractivity contribution in [3.63, 3.8) is 0 Å². The van der Waals surface area contributed by atoms with Crippen molar-refractivity contribution in [2.45, 2.75) is 13.8 Å². The first-order valence-corrected chi connectivity index (χ1v) is 9.03. The maximum atomic E-state index is 13.3. The number of aryl methyl sites for hydroxylation is 2. The highest BCUT2D eigenvalue weighted by Gasteiger charge is 2.36. The Bertz CT molecular complexity index is 971. The zero-order valence-corrected chi connectivity index (χ0v) is 15.6. The number of carbonyl (C=O) groups excluding carboxylic acids is 3. The van der Waals surface area contributed by atoms with Gasteiger partial charge >= 0.3 is 0 Å². The first-order chi connectivity index (χ1) is 12.8. The molecule has 0 saturated carbocycles. The van der Waals surface area contributed by atoms with E-state index in [1.807, 2.05) is 26.0 Å². The molecule has 0 aromatic heterocycles. The molecule has 0 bridgehead atoms. The summed E-state index contributed by atoms with van der Waals surface area (Å²) in [5, 5.41) is 2.16. The van der Waals surface area contributed by atoms with Gasteiger partial charge in [0.25, 0.3) is 11.1 Å². The van der Waals surface area contributed by atoms with Crippen molar-refractivity contribution in [1.29, 1.82) is 0 Å². The molecule has 7 heteroatoms. The first-order valence-electron chi connectivity index (χ1n) is 8.21. The molecule has 5 nitrogen and oxygen atoms in total. The van der Waals surface area contributed by atoms with Crippen LogP contribution >= 0.6 is 11.8 Å². The van der Waals surface area contributed by atoms with Crippen molar-refractivity contribution >= 4 is 40.6 Å². The summed E-state index contributed by atoms with van der Waals surface area (Å²) in [6.45, 7) is 3.52. The Balaban J connectivity index is 1.69. The van der Waals surface area contributed by atoms with Crippen molar-refractivity contribution in [3.8, 4) is 0 Å². The van der Waals surface area contributed by atoms with Crippen LogP contribution < -0.4 is 5.32 Å². The zero-order valence-electron chi connectivity index (χ0n) is 14.8. The summed E-state index contributed by atoms with van der Waals surface area (Å²) in [6, 6.07) is 11.2. The molecule has 1 fully saturated rings. The van der Waals surface area contributed by atoms with Gasteiger partial charge in [0.15, 0.2) is 0 Å². The summed E-state index contributed by atoms with van der Waals surface area (Å²) in [5.41, 5.74) is 3.20. The van der Waals surface area contributed by atoms with Gasteiger partial charge in [0.05, 0.1) is 4.91 Å². The summed E-state index contributed by atoms with van der Waals surface area (Å²) in [6.07, 6.45) is 1.44. The Morgan fingerprint density at radius 1 is 1.15 bits per heavy atom. The van der Waals surface area contributed by atoms with Crippen molar-refractivity contribution in [2.24, 2.45) is 0 Å². The lowest BCUT2D eigenvalue weighted by Crippen LogP contribution is -2.36. The van der Waals surface area contributed by atoms with E-state index in [1.54, 1.807) is 12.1 Å². The average Bonchev–Trinajstić information content (AvgIpc) is 2.86. The molecule has 1 aliphatic heterocycles. The summed E-state index contributed by atoms with van der Waals surface area (Å²) >= 11 is 0.731. The molecular formula is C20H17FN2O3S. The number of halogens is 1. The van der Waals surface area contributed by atoms with Crippen LogP contribution in [-0.4, -0.2) is 28.5 Å². The summed E-state index contributed by atoms with van der Waals surface area (Å²) in [7, 11) is 0. The van der Waals surface area contributed by atoms with Crippen molar-refractivity contribution in [3.05, 3.63) is 69.9 Å². The predicted octanol–water partition coefficient (Wildman–Crippen LogP) is 4.12. The number of imide groups is 1. The second-order valence-corrected chi connectivity index (χ2v) is 7.16. The molecular weight excluding hydrogens is 367 g/mol. The highest BCUT2D eigenvalue weighted by Crippen LogP contribution is 2.32. The van der Waals surface area contributed by atoms with Gasteiger partial charge in [-0.05, 0) is 72.6 Å². The van der Waals surface area contributed by atoms with Crippen LogP contribution in [0.4, 0.5) is 14.9 Å². The van der Waals surface area contributed by atoms with E-state index in [2.05, 4.69) is 5.32 Å². The van der Waals surface area contributed by atoms with Crippen LogP contribution in [0.1, 0.15) is 16.7 Å². The van der Waals surface area contributed by atoms with Crippen LogP contribution in [-0.2, 0) is 9.59 Å². The van der Waals surface area contributed by atoms with E-state index in [-0.39, 0.29) is 11.4 Å². The standard InChI is InChI=1S/C20H17FN2O3S/c1-12-6-7-16(8-13(12)2)22-18(24)11-23-19(25)17(27-20(23)26)10-14-4-3-5-15(21)9-14/h3-10H,11H2,1-2H3,(H,22,24). The van der Waals surface area contributed by atoms with Crippen molar-refractivity contribution in [2.75, 3.05) is 11.9 Å². The minimum atomic E-state index is -0.565. The van der Waals surface area contributed by atoms with E-state index in [0.717, 1.165) is 27.8 Å². The van der Waals surface area contributed by atoms with Crippen LogP contribution in [0.15, 0.2) is 47.4 Å². The summed E-state index contributed by atoms with van der Waals surface area (Å²) in [4.78, 5) is 37.8. The predicted molar refractivity (Wildman–Crippen MR) is 104 cm³/mol. The van der Waals surface area contributed by atoms with E-state index in [1.165, 1.54) is 24.3 Å². The van der Waals surface area contributed by atoms with Gasteiger partial charge in [-0.3, -0.25) is 19.3 Å². The number of benzene rings is 2. The molecule has 27 heavy (non-hydrogen) atoms. The fraction of sp³-hybridized carbons (Fsp3) is 0.150. The maximum Gasteiger partial charge on any atom is 0.294 e. The largest absolute Gasteiger partial charge is 0.325 e. The maximum absolute atomic E-state index is 13.3. The lowest BCUT2D eigenvalue weighted by Gasteiger charge is -2.13. The van der Waals surface area contributed by atoms with Gasteiger partial charge in [-0.2, -0.15) is 0 Å². The van der Waals surface area contributed by atoms with Crippen LogP contribution in [0, 0.1) is 19.7 Å². The number of hydrogen-bond acceptors (Lipinski definition) is 4. The minimum absolute atomic E-state index is 0.157. The summed E-state index contributed by atoms with van der Waals surface area (Å²) in [5.74, 6) is -1.46. The molecule has 2 aromatic rings. The number of nitrogens with one attached hydrogen (secondary N) is 1. The number of amides is 3. The molecule has 0 aliphatic carbocycles. The van der Waals surface area contributed by atoms with E-state index >= 15 is 0 Å². The number of rotatable bonds is 4. The normalized spacial score (nSPS) is 15.5. The number of thioether (sulfide) groups is 1. The topological polar surface area (TPSA) is 66.5 Å². The van der Waals surface area contributed by atoms with Gasteiger partial charge in [0.1, 0.15) is 12.4 Å². The van der Waals surface area contributed by atoms with E-state index < -0.39 is 22.9 Å². The van der Waals surface area contributed by atoms with Gasteiger partial charge in [0.2, 0.25) is 5.91 Å². The van der Waals surface area contributed by atoms with Gasteiger partial charge in [-0.1, -0.05) is 18.2 Å². The van der Waals surface area contributed by atoms with Crippen molar-refractivity contribution < 1.29 is 18.8 Å². The Kier molecular flexibility index (Phi) is 5.41. The highest BCUT2D eigenvalue weighted by atomic mass is 32.2. The second kappa shape index (κ2) is 7.75. The van der Waals surface area contributed by atoms with E-state index in [4.69, 9.17) is 0 Å². The van der Waals surface area contributed by atoms with E-state index in [9.17, 15) is 18.8 Å². The van der Waals surface area contributed by atoms with Gasteiger partial charge in [0, 0.05) is 5.69 Å². The lowest BCUT2D eigenvalue weighted by molar-refractivity contribution is -0.127. The zero-order chi connectivity index (χ0) is 19.6. The van der Waals surface area contributed by atoms with Crippen LogP contribution in [0.5, 0.6) is 0 Å². The second-order valence-electron chi connectivity index (χ2n) is 6.17. The lowest BCUT2D eigenvalue weighted by atomic mass is 10.1. The Labute approximate surface area is 160 Å². The molecule has 2 aromatic carbocycles. The van der Waals surface area contributed by atoms with Crippen LogP contribution in [0.2, 0.25) is 0 Å². The molecule has 0 spiro atoms. The first kappa shape index (κ1) is 18.8. The Morgan fingerprint density at radius 3 is 2.63 bits per heavy atom. The molecule has 0 atom stereocenters. The summed E-state index contributed by atoms with van der Waals surface area (Å²) < 4.78 is 13.3. The third kappa shape index (κ3) is 4.43. The fourth-order valence-corrected chi connectivity index (χ4v) is 3.39. The molecule has 1 N–H and O–H groups in total. The number of anilines is 1. The SMILES string of the molecule is Cc1ccc(NC(=O)CN2C(=O)SC(=Cc3cccc(F)c3)C2=O)cc1C. The molecule has 1 heterocycles. The third-order valence-corrected chi connectivity index (χ3v) is 5.02. The fourth-order valence-electron chi connectivity index (χ4n) is 2.55. The number of carbonyl (C=O) groups is 3. The highest BCUT2D eigenvalue weighted by molar-refractivity contribution is 8.18. The van der Waals surface area contributed by atoms with Crippen LogP contribution in [0.25, 0.3) is 6.08 Å². The molecule has 3 amide bonds. The van der Waals surface area contributed by atoms with Gasteiger partial charge in [-0.15, -0.1) is 0 Å². The van der Waals surface area contributed by atoms with Gasteiger partial charge < -0.3 is 5.32 Å². The van der Waals surface area contributed by atoms with E-state index in [0.29, 0.717) is 11.3 Å². The monoisotopic (exact) mass is 384 g/mol. The quantitative estimate of drug-likeness (QED) is 0.806. The Morgan fingerprint density at radius 2 is 1.93 bits per heavy atom. The molecule has 138 valence electrons. The molecule has 3 rings (SSSR count). The molecule has 0 radical (unpaired) electrons. The molecule has 1 saturated heterocycles. The molecule has 0 unspecified atom stereocenters. The van der Waals surface area contributed by atoms with Crippen LogP contribution in [0.3, 0.4) is 0 Å². The smallest absolute Gasteiger partial charge is 0.294 e. The number of hydrogen-bond donors (Lipinski definition) is 1. The third-order valence-electron chi connectivity index (χ3n) is 4.11. The molecule has 1 aliphatic rings. The average molecular weight is 384 g/mol. The minimum Gasteiger partial charge on any atom is -0.325 e. The van der Waals surface area contributed by atoms with Crippen molar-refractivity contribution in [1.82, 2.24) is 4.90 Å². The van der Waals surface area contributed by atoms with Gasteiger partial charge in [-0.25, -0.2) is 4.39 Å².